The van der Waals surface area contributed by atoms with Crippen LogP contribution in [0.25, 0.3) is 0 Å². The minimum atomic E-state index is -0.151. The fraction of sp³-hybridized carbons (Fsp3) is 0.583. The Bertz CT molecular complexity index is 371. The summed E-state index contributed by atoms with van der Waals surface area (Å²) in [6.07, 6.45) is 0. The van der Waals surface area contributed by atoms with Crippen molar-refractivity contribution in [2.75, 3.05) is 33.4 Å². The average Bonchev–Trinajstić information content (AvgIpc) is 2.79. The molecule has 1 aromatic heterocycles. The van der Waals surface area contributed by atoms with Gasteiger partial charge in [0, 0.05) is 31.6 Å². The van der Waals surface area contributed by atoms with E-state index in [0.717, 1.165) is 18.0 Å². The van der Waals surface area contributed by atoms with Crippen molar-refractivity contribution in [1.82, 2.24) is 10.6 Å². The lowest BCUT2D eigenvalue weighted by Crippen LogP contribution is -2.35. The molecule has 0 fully saturated rings. The van der Waals surface area contributed by atoms with Crippen LogP contribution in [0.1, 0.15) is 17.7 Å². The van der Waals surface area contributed by atoms with Crippen LogP contribution in [-0.4, -0.2) is 39.3 Å². The molecule has 0 saturated carbocycles. The van der Waals surface area contributed by atoms with Gasteiger partial charge >= 0.3 is 0 Å². The summed E-state index contributed by atoms with van der Waals surface area (Å²) in [7, 11) is 1.66. The fourth-order valence-corrected chi connectivity index (χ4v) is 2.53. The highest BCUT2D eigenvalue weighted by atomic mass is 35.5. The maximum atomic E-state index is 11.8. The Labute approximate surface area is 117 Å². The van der Waals surface area contributed by atoms with Gasteiger partial charge in [-0.1, -0.05) is 11.6 Å². The third kappa shape index (κ3) is 5.35. The minimum Gasteiger partial charge on any atom is -0.383 e. The first-order chi connectivity index (χ1) is 8.65. The first-order valence-corrected chi connectivity index (χ1v) is 7.07. The molecule has 2 N–H and O–H groups in total. The molecule has 1 unspecified atom stereocenters. The molecule has 1 aromatic rings. The van der Waals surface area contributed by atoms with Crippen LogP contribution in [0.4, 0.5) is 0 Å². The molecule has 18 heavy (non-hydrogen) atoms. The summed E-state index contributed by atoms with van der Waals surface area (Å²) < 4.78 is 5.62. The number of rotatable bonds is 8. The first kappa shape index (κ1) is 15.4. The van der Waals surface area contributed by atoms with Crippen LogP contribution in [0.3, 0.4) is 0 Å². The number of hydrogen-bond donors (Lipinski definition) is 2. The van der Waals surface area contributed by atoms with E-state index < -0.39 is 0 Å². The number of carbonyl (C=O) groups excluding carboxylic acids is 1. The normalized spacial score (nSPS) is 12.4. The van der Waals surface area contributed by atoms with Gasteiger partial charge in [-0.2, -0.15) is 0 Å². The van der Waals surface area contributed by atoms with E-state index in [2.05, 4.69) is 10.6 Å². The van der Waals surface area contributed by atoms with Crippen LogP contribution in [-0.2, 0) is 9.53 Å². The molecule has 0 aliphatic heterocycles. The van der Waals surface area contributed by atoms with Gasteiger partial charge in [0.25, 0.3) is 0 Å². The third-order valence-corrected chi connectivity index (χ3v) is 3.91. The Kier molecular flexibility index (Phi) is 7.27. The molecule has 0 radical (unpaired) electrons. The van der Waals surface area contributed by atoms with Crippen LogP contribution in [0, 0.1) is 0 Å². The molecule has 1 atom stereocenters. The SMILES string of the molecule is COCCNCCNC(=O)C(C)c1ccc(Cl)s1. The number of halogens is 1. The monoisotopic (exact) mass is 290 g/mol. The topological polar surface area (TPSA) is 50.4 Å². The lowest BCUT2D eigenvalue weighted by molar-refractivity contribution is -0.122. The highest BCUT2D eigenvalue weighted by Crippen LogP contribution is 2.27. The zero-order valence-electron chi connectivity index (χ0n) is 10.7. The van der Waals surface area contributed by atoms with E-state index in [4.69, 9.17) is 16.3 Å². The zero-order chi connectivity index (χ0) is 13.4. The molecule has 1 rings (SSSR count). The van der Waals surface area contributed by atoms with Crippen molar-refractivity contribution in [2.45, 2.75) is 12.8 Å². The summed E-state index contributed by atoms with van der Waals surface area (Å²) in [6, 6.07) is 3.71. The molecule has 0 aliphatic rings. The molecule has 4 nitrogen and oxygen atoms in total. The van der Waals surface area contributed by atoms with E-state index in [-0.39, 0.29) is 11.8 Å². The summed E-state index contributed by atoms with van der Waals surface area (Å²) in [6.45, 7) is 4.72. The first-order valence-electron chi connectivity index (χ1n) is 5.87. The van der Waals surface area contributed by atoms with Crippen molar-refractivity contribution < 1.29 is 9.53 Å². The van der Waals surface area contributed by atoms with Gasteiger partial charge in [0.05, 0.1) is 16.9 Å². The van der Waals surface area contributed by atoms with Gasteiger partial charge in [0.15, 0.2) is 0 Å². The average molecular weight is 291 g/mol. The van der Waals surface area contributed by atoms with E-state index in [9.17, 15) is 4.79 Å². The zero-order valence-corrected chi connectivity index (χ0v) is 12.2. The number of nitrogens with one attached hydrogen (secondary N) is 2. The second-order valence-corrected chi connectivity index (χ2v) is 5.64. The van der Waals surface area contributed by atoms with Gasteiger partial charge in [-0.3, -0.25) is 4.79 Å². The van der Waals surface area contributed by atoms with E-state index in [0.29, 0.717) is 17.5 Å². The molecule has 6 heteroatoms. The third-order valence-electron chi connectivity index (χ3n) is 2.50. The number of thiophene rings is 1. The van der Waals surface area contributed by atoms with Crippen molar-refractivity contribution >= 4 is 28.8 Å². The van der Waals surface area contributed by atoms with Crippen molar-refractivity contribution in [3.8, 4) is 0 Å². The molecular weight excluding hydrogens is 272 g/mol. The second-order valence-electron chi connectivity index (χ2n) is 3.90. The number of amides is 1. The van der Waals surface area contributed by atoms with Gasteiger partial charge < -0.3 is 15.4 Å². The van der Waals surface area contributed by atoms with Crippen LogP contribution >= 0.6 is 22.9 Å². The number of methoxy groups -OCH3 is 1. The van der Waals surface area contributed by atoms with E-state index in [1.54, 1.807) is 7.11 Å². The number of hydrogen-bond acceptors (Lipinski definition) is 4. The molecule has 0 saturated heterocycles. The van der Waals surface area contributed by atoms with Gasteiger partial charge in [-0.05, 0) is 19.1 Å². The van der Waals surface area contributed by atoms with Crippen LogP contribution in [0.15, 0.2) is 12.1 Å². The maximum Gasteiger partial charge on any atom is 0.228 e. The van der Waals surface area contributed by atoms with E-state index in [1.165, 1.54) is 11.3 Å². The Morgan fingerprint density at radius 3 is 2.83 bits per heavy atom. The summed E-state index contributed by atoms with van der Waals surface area (Å²) in [4.78, 5) is 12.8. The number of ether oxygens (including phenoxy) is 1. The highest BCUT2D eigenvalue weighted by Gasteiger charge is 2.16. The van der Waals surface area contributed by atoms with Crippen LogP contribution < -0.4 is 10.6 Å². The fourth-order valence-electron chi connectivity index (χ4n) is 1.42. The second kappa shape index (κ2) is 8.48. The molecular formula is C12H19ClN2O2S. The Morgan fingerprint density at radius 2 is 2.22 bits per heavy atom. The smallest absolute Gasteiger partial charge is 0.228 e. The lowest BCUT2D eigenvalue weighted by Gasteiger charge is -2.11. The van der Waals surface area contributed by atoms with Crippen LogP contribution in [0.2, 0.25) is 4.34 Å². The summed E-state index contributed by atoms with van der Waals surface area (Å²) >= 11 is 7.30. The lowest BCUT2D eigenvalue weighted by atomic mass is 10.1. The van der Waals surface area contributed by atoms with Gasteiger partial charge in [0.1, 0.15) is 0 Å². The van der Waals surface area contributed by atoms with Crippen molar-refractivity contribution in [3.63, 3.8) is 0 Å². The molecule has 0 aromatic carbocycles. The number of carbonyl (C=O) groups is 1. The van der Waals surface area contributed by atoms with Gasteiger partial charge in [0.2, 0.25) is 5.91 Å². The molecule has 1 amide bonds. The van der Waals surface area contributed by atoms with Crippen molar-refractivity contribution in [2.24, 2.45) is 0 Å². The molecule has 0 aliphatic carbocycles. The van der Waals surface area contributed by atoms with Crippen LogP contribution in [0.5, 0.6) is 0 Å². The standard InChI is InChI=1S/C12H19ClN2O2S/c1-9(10-3-4-11(13)18-10)12(16)15-6-5-14-7-8-17-2/h3-4,9,14H,5-8H2,1-2H3,(H,15,16). The Balaban J connectivity index is 2.20. The predicted molar refractivity (Wildman–Crippen MR) is 75.5 cm³/mol. The maximum absolute atomic E-state index is 11.8. The highest BCUT2D eigenvalue weighted by molar-refractivity contribution is 7.16. The largest absolute Gasteiger partial charge is 0.383 e. The van der Waals surface area contributed by atoms with Crippen molar-refractivity contribution in [3.05, 3.63) is 21.3 Å². The quantitative estimate of drug-likeness (QED) is 0.719. The molecule has 102 valence electrons. The Morgan fingerprint density at radius 1 is 1.44 bits per heavy atom. The summed E-state index contributed by atoms with van der Waals surface area (Å²) in [5.41, 5.74) is 0. The van der Waals surface area contributed by atoms with E-state index in [1.807, 2.05) is 19.1 Å². The van der Waals surface area contributed by atoms with E-state index >= 15 is 0 Å². The Hall–Kier alpha value is -0.620. The molecule has 0 bridgehead atoms. The van der Waals surface area contributed by atoms with Gasteiger partial charge in [-0.15, -0.1) is 11.3 Å². The predicted octanol–water partition coefficient (Wildman–Crippen LogP) is 1.86. The van der Waals surface area contributed by atoms with Crippen molar-refractivity contribution in [1.29, 1.82) is 0 Å². The van der Waals surface area contributed by atoms with Gasteiger partial charge in [-0.25, -0.2) is 0 Å². The summed E-state index contributed by atoms with van der Waals surface area (Å²) in [5, 5.41) is 6.05. The molecule has 0 spiro atoms. The molecule has 1 heterocycles. The summed E-state index contributed by atoms with van der Waals surface area (Å²) in [5.74, 6) is -0.122. The minimum absolute atomic E-state index is 0.0297.